The van der Waals surface area contributed by atoms with E-state index in [4.69, 9.17) is 0 Å². The molecule has 4 aliphatic rings. The maximum atomic E-state index is 16.1. The van der Waals surface area contributed by atoms with Crippen molar-refractivity contribution >= 4 is 32.4 Å². The van der Waals surface area contributed by atoms with Gasteiger partial charge >= 0.3 is 0 Å². The quantitative estimate of drug-likeness (QED) is 0.322. The molecule has 2 fully saturated rings. The lowest BCUT2D eigenvalue weighted by Crippen LogP contribution is -2.45. The van der Waals surface area contributed by atoms with Crippen molar-refractivity contribution in [2.45, 2.75) is 83.5 Å². The number of sulfone groups is 1. The topological polar surface area (TPSA) is 100 Å². The summed E-state index contributed by atoms with van der Waals surface area (Å²) in [7, 11) is -3.22. The molecule has 0 amide bonds. The first-order valence-corrected chi connectivity index (χ1v) is 18.7. The summed E-state index contributed by atoms with van der Waals surface area (Å²) < 4.78 is 89.6. The Morgan fingerprint density at radius 3 is 2.40 bits per heavy atom. The van der Waals surface area contributed by atoms with Gasteiger partial charge in [0.1, 0.15) is 34.5 Å². The zero-order chi connectivity index (χ0) is 34.4. The molecule has 0 spiro atoms. The number of fused-ring (bicyclic) bond motifs is 9. The van der Waals surface area contributed by atoms with Gasteiger partial charge in [0.05, 0.1) is 28.5 Å². The molecule has 1 N–H and O–H groups in total. The van der Waals surface area contributed by atoms with E-state index in [2.05, 4.69) is 15.3 Å². The number of anilines is 2. The number of hydrogen-bond donors (Lipinski definition) is 1. The normalized spacial score (nSPS) is 28.1. The number of hydrogen-bond acceptors (Lipinski definition) is 8. The van der Waals surface area contributed by atoms with Crippen LogP contribution in [0.3, 0.4) is 0 Å². The first kappa shape index (κ1) is 34.6. The molecule has 7 rings (SSSR count). The van der Waals surface area contributed by atoms with Crippen LogP contribution in [-0.4, -0.2) is 77.8 Å². The van der Waals surface area contributed by atoms with Crippen molar-refractivity contribution in [3.63, 3.8) is 0 Å². The third-order valence-electron chi connectivity index (χ3n) is 10.2. The van der Waals surface area contributed by atoms with Crippen molar-refractivity contribution in [1.29, 1.82) is 0 Å². The Kier molecular flexibility index (Phi) is 9.53. The maximum Gasteiger partial charge on any atom is 0.278 e. The van der Waals surface area contributed by atoms with Crippen LogP contribution in [0.25, 0.3) is 11.0 Å². The molecule has 1 aromatic carbocycles. The van der Waals surface area contributed by atoms with Crippen molar-refractivity contribution in [3.05, 3.63) is 57.4 Å². The van der Waals surface area contributed by atoms with Gasteiger partial charge < -0.3 is 15.1 Å². The maximum absolute atomic E-state index is 16.1. The standard InChI is InChI=1S/C34H44F4N6O3S/c1-22-25-8-7-9-27(29(25)35)34(37,38)24-10-14-42(15-11-24)21-33(3,36)12-5-4-6-13-44-31-26(30(39-22)40-23(2)41-31)20-28(32(44)45)43-16-18-48(46,47)19-17-43/h7-9,20,22,24H,4-6,10-19,21H2,1-3H3,(H,39,40,41)/t22-,33?/m1/s1. The van der Waals surface area contributed by atoms with E-state index in [9.17, 15) is 13.2 Å². The van der Waals surface area contributed by atoms with Gasteiger partial charge in [-0.1, -0.05) is 31.0 Å². The molecule has 1 unspecified atom stereocenters. The lowest BCUT2D eigenvalue weighted by molar-refractivity contribution is -0.0906. The van der Waals surface area contributed by atoms with Crippen molar-refractivity contribution < 1.29 is 26.0 Å². The Balaban J connectivity index is 1.45. The molecule has 48 heavy (non-hydrogen) atoms. The molecule has 2 atom stereocenters. The summed E-state index contributed by atoms with van der Waals surface area (Å²) >= 11 is 0. The van der Waals surface area contributed by atoms with Crippen LogP contribution in [0.5, 0.6) is 0 Å². The Bertz CT molecular complexity index is 1830. The van der Waals surface area contributed by atoms with Gasteiger partial charge in [-0.25, -0.2) is 35.9 Å². The first-order valence-electron chi connectivity index (χ1n) is 16.9. The summed E-state index contributed by atoms with van der Waals surface area (Å²) in [5.74, 6) is -5.01. The molecule has 9 nitrogen and oxygen atoms in total. The van der Waals surface area contributed by atoms with E-state index in [1.54, 1.807) is 36.3 Å². The number of pyridine rings is 1. The summed E-state index contributed by atoms with van der Waals surface area (Å²) in [5.41, 5.74) is -1.81. The average Bonchev–Trinajstić information content (AvgIpc) is 3.01. The molecular formula is C34H44F4N6O3S. The highest BCUT2D eigenvalue weighted by Gasteiger charge is 2.45. The van der Waals surface area contributed by atoms with Gasteiger partial charge in [0.2, 0.25) is 0 Å². The fourth-order valence-electron chi connectivity index (χ4n) is 7.42. The number of rotatable bonds is 1. The largest absolute Gasteiger partial charge is 0.365 e. The van der Waals surface area contributed by atoms with E-state index < -0.39 is 44.8 Å². The number of nitrogens with zero attached hydrogens (tertiary/aromatic N) is 5. The van der Waals surface area contributed by atoms with Gasteiger partial charge in [0.25, 0.3) is 11.5 Å². The molecule has 6 heterocycles. The van der Waals surface area contributed by atoms with Gasteiger partial charge in [0, 0.05) is 37.7 Å². The second-order valence-electron chi connectivity index (χ2n) is 14.0. The number of benzene rings is 1. The van der Waals surface area contributed by atoms with E-state index >= 15 is 17.6 Å². The minimum absolute atomic E-state index is 0.0443. The minimum atomic E-state index is -3.42. The highest BCUT2D eigenvalue weighted by Crippen LogP contribution is 2.44. The number of alkyl halides is 3. The monoisotopic (exact) mass is 692 g/mol. The average molecular weight is 693 g/mol. The Labute approximate surface area is 278 Å². The number of halogens is 4. The second kappa shape index (κ2) is 13.2. The molecule has 2 aromatic heterocycles. The van der Waals surface area contributed by atoms with Crippen LogP contribution in [0.2, 0.25) is 0 Å². The van der Waals surface area contributed by atoms with E-state index in [-0.39, 0.29) is 61.5 Å². The third-order valence-corrected chi connectivity index (χ3v) is 11.8. The van der Waals surface area contributed by atoms with Crippen LogP contribution in [0, 0.1) is 18.7 Å². The molecule has 2 saturated heterocycles. The zero-order valence-corrected chi connectivity index (χ0v) is 28.6. The highest BCUT2D eigenvalue weighted by atomic mass is 32.2. The fraction of sp³-hybridized carbons (Fsp3) is 0.618. The number of nitrogens with one attached hydrogen (secondary N) is 1. The van der Waals surface area contributed by atoms with Crippen molar-refractivity contribution in [2.24, 2.45) is 5.92 Å². The molecule has 0 aliphatic carbocycles. The van der Waals surface area contributed by atoms with E-state index in [1.165, 1.54) is 12.1 Å². The van der Waals surface area contributed by atoms with Crippen molar-refractivity contribution in [2.75, 3.05) is 54.4 Å². The Morgan fingerprint density at radius 1 is 0.979 bits per heavy atom. The summed E-state index contributed by atoms with van der Waals surface area (Å²) in [6.07, 6.45) is 2.35. The molecule has 0 radical (unpaired) electrons. The minimum Gasteiger partial charge on any atom is -0.365 e. The summed E-state index contributed by atoms with van der Waals surface area (Å²) in [4.78, 5) is 26.8. The predicted octanol–water partition coefficient (Wildman–Crippen LogP) is 5.75. The van der Waals surface area contributed by atoms with Crippen LogP contribution in [0.4, 0.5) is 29.1 Å². The summed E-state index contributed by atoms with van der Waals surface area (Å²) in [6.45, 7) is 6.22. The van der Waals surface area contributed by atoms with Crippen LogP contribution in [-0.2, 0) is 22.3 Å². The van der Waals surface area contributed by atoms with Crippen molar-refractivity contribution in [3.8, 4) is 0 Å². The van der Waals surface area contributed by atoms with Crippen LogP contribution < -0.4 is 15.8 Å². The number of aryl methyl sites for hydroxylation is 2. The van der Waals surface area contributed by atoms with Gasteiger partial charge in [-0.3, -0.25) is 9.36 Å². The SMILES string of the molecule is Cc1nc2c3cc(N4CCS(=O)(=O)CC4)c(=O)n(c3n1)CCCCCC(C)(F)CN1CCC(CC1)C(F)(F)c1cccc(c1F)[C@@H](C)N2. The van der Waals surface area contributed by atoms with Crippen LogP contribution >= 0.6 is 0 Å². The molecule has 8 bridgehead atoms. The first-order chi connectivity index (χ1) is 22.6. The van der Waals surface area contributed by atoms with E-state index in [0.717, 1.165) is 6.07 Å². The molecule has 3 aromatic rings. The molecule has 0 saturated carbocycles. The molecule has 14 heteroatoms. The predicted molar refractivity (Wildman–Crippen MR) is 179 cm³/mol. The van der Waals surface area contributed by atoms with E-state index in [1.807, 2.05) is 4.90 Å². The zero-order valence-electron chi connectivity index (χ0n) is 27.7. The fourth-order valence-corrected chi connectivity index (χ4v) is 8.62. The van der Waals surface area contributed by atoms with Gasteiger partial charge in [-0.2, -0.15) is 0 Å². The Hall–Kier alpha value is -3.26. The second-order valence-corrected chi connectivity index (χ2v) is 16.3. The number of piperidine rings is 1. The summed E-state index contributed by atoms with van der Waals surface area (Å²) in [5, 5.41) is 3.68. The molecular weight excluding hydrogens is 648 g/mol. The Morgan fingerprint density at radius 2 is 1.69 bits per heavy atom. The smallest absolute Gasteiger partial charge is 0.278 e. The van der Waals surface area contributed by atoms with Crippen LogP contribution in [0.1, 0.15) is 75.4 Å². The molecule has 262 valence electrons. The van der Waals surface area contributed by atoms with Gasteiger partial charge in [-0.05, 0) is 65.6 Å². The van der Waals surface area contributed by atoms with Crippen LogP contribution in [0.15, 0.2) is 29.1 Å². The number of aromatic nitrogens is 3. The lowest BCUT2D eigenvalue weighted by atomic mass is 9.84. The lowest BCUT2D eigenvalue weighted by Gasteiger charge is -2.38. The van der Waals surface area contributed by atoms with Gasteiger partial charge in [0.15, 0.2) is 9.84 Å². The summed E-state index contributed by atoms with van der Waals surface area (Å²) in [6, 6.07) is 4.89. The highest BCUT2D eigenvalue weighted by molar-refractivity contribution is 7.91. The molecule has 4 aliphatic heterocycles. The third kappa shape index (κ3) is 7.05. The van der Waals surface area contributed by atoms with Gasteiger partial charge in [-0.15, -0.1) is 0 Å². The van der Waals surface area contributed by atoms with Crippen molar-refractivity contribution in [1.82, 2.24) is 19.4 Å². The van der Waals surface area contributed by atoms with E-state index in [0.29, 0.717) is 67.3 Å².